The number of aromatic nitrogens is 3. The quantitative estimate of drug-likeness (QED) is 0.906. The lowest BCUT2D eigenvalue weighted by molar-refractivity contribution is 0.0941. The Labute approximate surface area is 111 Å². The van der Waals surface area contributed by atoms with E-state index in [0.717, 1.165) is 17.8 Å². The van der Waals surface area contributed by atoms with E-state index in [2.05, 4.69) is 15.4 Å². The van der Waals surface area contributed by atoms with Crippen LogP contribution in [-0.4, -0.2) is 27.2 Å². The number of nitrogens with zero attached hydrogens (tertiary/aromatic N) is 3. The summed E-state index contributed by atoms with van der Waals surface area (Å²) in [6.45, 7) is 2.75. The second kappa shape index (κ2) is 4.84. The first-order valence-electron chi connectivity index (χ1n) is 6.49. The lowest BCUT2D eigenvalue weighted by Crippen LogP contribution is -2.26. The van der Waals surface area contributed by atoms with Gasteiger partial charge in [-0.2, -0.15) is 0 Å². The van der Waals surface area contributed by atoms with E-state index in [1.54, 1.807) is 11.0 Å². The average Bonchev–Trinajstić information content (AvgIpc) is 3.10. The van der Waals surface area contributed by atoms with E-state index in [0.29, 0.717) is 5.92 Å². The van der Waals surface area contributed by atoms with Crippen LogP contribution < -0.4 is 5.32 Å². The van der Waals surface area contributed by atoms with E-state index in [9.17, 15) is 4.79 Å². The average molecular weight is 256 g/mol. The van der Waals surface area contributed by atoms with Crippen LogP contribution in [0.15, 0.2) is 30.6 Å². The first kappa shape index (κ1) is 11.9. The van der Waals surface area contributed by atoms with Crippen molar-refractivity contribution in [2.24, 2.45) is 5.92 Å². The monoisotopic (exact) mass is 256 g/mol. The fourth-order valence-corrected chi connectivity index (χ4v) is 1.90. The highest BCUT2D eigenvalue weighted by Crippen LogP contribution is 2.27. The smallest absolute Gasteiger partial charge is 0.290 e. The zero-order valence-corrected chi connectivity index (χ0v) is 10.8. The molecule has 1 saturated carbocycles. The van der Waals surface area contributed by atoms with Crippen molar-refractivity contribution in [1.29, 1.82) is 0 Å². The zero-order chi connectivity index (χ0) is 13.2. The molecule has 19 heavy (non-hydrogen) atoms. The molecule has 0 spiro atoms. The number of benzene rings is 1. The Kier molecular flexibility index (Phi) is 3.03. The topological polar surface area (TPSA) is 59.8 Å². The molecule has 1 N–H and O–H groups in total. The molecule has 0 aliphatic heterocycles. The van der Waals surface area contributed by atoms with Crippen LogP contribution in [-0.2, 0) is 0 Å². The van der Waals surface area contributed by atoms with E-state index in [1.807, 2.05) is 31.2 Å². The van der Waals surface area contributed by atoms with Crippen molar-refractivity contribution in [2.45, 2.75) is 19.8 Å². The third-order valence-electron chi connectivity index (χ3n) is 3.21. The molecule has 5 heteroatoms. The van der Waals surface area contributed by atoms with Gasteiger partial charge in [0.1, 0.15) is 6.33 Å². The molecule has 0 atom stereocenters. The van der Waals surface area contributed by atoms with E-state index < -0.39 is 0 Å². The molecule has 1 aromatic heterocycles. The Morgan fingerprint density at radius 3 is 3.05 bits per heavy atom. The maximum absolute atomic E-state index is 11.8. The Bertz CT molecular complexity index is 601. The molecule has 0 unspecified atom stereocenters. The summed E-state index contributed by atoms with van der Waals surface area (Å²) < 4.78 is 1.62. The van der Waals surface area contributed by atoms with Gasteiger partial charge >= 0.3 is 0 Å². The van der Waals surface area contributed by atoms with Crippen molar-refractivity contribution in [2.75, 3.05) is 6.54 Å². The normalized spacial score (nSPS) is 14.4. The van der Waals surface area contributed by atoms with Gasteiger partial charge in [-0.3, -0.25) is 4.79 Å². The molecule has 0 saturated heterocycles. The highest BCUT2D eigenvalue weighted by molar-refractivity contribution is 5.90. The van der Waals surface area contributed by atoms with Gasteiger partial charge in [-0.15, -0.1) is 5.10 Å². The highest BCUT2D eigenvalue weighted by atomic mass is 16.2. The first-order valence-corrected chi connectivity index (χ1v) is 6.49. The Balaban J connectivity index is 1.73. The molecule has 5 nitrogen and oxygen atoms in total. The molecule has 1 aliphatic rings. The van der Waals surface area contributed by atoms with Crippen molar-refractivity contribution in [3.05, 3.63) is 42.0 Å². The number of hydrogen-bond acceptors (Lipinski definition) is 3. The molecule has 1 fully saturated rings. The maximum Gasteiger partial charge on any atom is 0.290 e. The SMILES string of the molecule is Cc1cccc(-n2cnc(C(=O)NCC3CC3)n2)c1. The molecular formula is C14H16N4O. The summed E-state index contributed by atoms with van der Waals surface area (Å²) in [5.41, 5.74) is 2.06. The van der Waals surface area contributed by atoms with Gasteiger partial charge < -0.3 is 5.32 Å². The molecule has 1 amide bonds. The van der Waals surface area contributed by atoms with E-state index in [1.165, 1.54) is 12.8 Å². The molecular weight excluding hydrogens is 240 g/mol. The predicted octanol–water partition coefficient (Wildman–Crippen LogP) is 1.72. The third-order valence-corrected chi connectivity index (χ3v) is 3.21. The van der Waals surface area contributed by atoms with Crippen LogP contribution in [0.4, 0.5) is 0 Å². The van der Waals surface area contributed by atoms with Gasteiger partial charge in [-0.05, 0) is 43.4 Å². The largest absolute Gasteiger partial charge is 0.349 e. The van der Waals surface area contributed by atoms with E-state index in [-0.39, 0.29) is 11.7 Å². The van der Waals surface area contributed by atoms with Crippen molar-refractivity contribution in [3.8, 4) is 5.69 Å². The van der Waals surface area contributed by atoms with Crippen molar-refractivity contribution in [1.82, 2.24) is 20.1 Å². The summed E-state index contributed by atoms with van der Waals surface area (Å²) in [4.78, 5) is 15.9. The lowest BCUT2D eigenvalue weighted by atomic mass is 10.2. The number of rotatable bonds is 4. The zero-order valence-electron chi connectivity index (χ0n) is 10.8. The number of hydrogen-bond donors (Lipinski definition) is 1. The summed E-state index contributed by atoms with van der Waals surface area (Å²) in [6, 6.07) is 7.91. The molecule has 1 aliphatic carbocycles. The molecule has 2 aromatic rings. The molecule has 98 valence electrons. The van der Waals surface area contributed by atoms with E-state index in [4.69, 9.17) is 0 Å². The van der Waals surface area contributed by atoms with Crippen LogP contribution in [0.5, 0.6) is 0 Å². The molecule has 0 bridgehead atoms. The number of carbonyl (C=O) groups is 1. The van der Waals surface area contributed by atoms with Crippen molar-refractivity contribution < 1.29 is 4.79 Å². The fraction of sp³-hybridized carbons (Fsp3) is 0.357. The van der Waals surface area contributed by atoms with Crippen molar-refractivity contribution in [3.63, 3.8) is 0 Å². The van der Waals surface area contributed by atoms with Gasteiger partial charge in [0.15, 0.2) is 0 Å². The van der Waals surface area contributed by atoms with Crippen molar-refractivity contribution >= 4 is 5.91 Å². The van der Waals surface area contributed by atoms with Gasteiger partial charge in [0, 0.05) is 6.54 Å². The molecule has 1 heterocycles. The van der Waals surface area contributed by atoms with Gasteiger partial charge in [-0.1, -0.05) is 12.1 Å². The van der Waals surface area contributed by atoms with Crippen LogP contribution in [0.1, 0.15) is 29.0 Å². The van der Waals surface area contributed by atoms with Crippen LogP contribution in [0.25, 0.3) is 5.69 Å². The minimum atomic E-state index is -0.196. The fourth-order valence-electron chi connectivity index (χ4n) is 1.90. The van der Waals surface area contributed by atoms with Gasteiger partial charge in [0.05, 0.1) is 5.69 Å². The summed E-state index contributed by atoms with van der Waals surface area (Å²) >= 11 is 0. The first-order chi connectivity index (χ1) is 9.22. The van der Waals surface area contributed by atoms with Crippen LogP contribution in [0, 0.1) is 12.8 Å². The molecule has 0 radical (unpaired) electrons. The van der Waals surface area contributed by atoms with Crippen LogP contribution in [0.3, 0.4) is 0 Å². The Morgan fingerprint density at radius 2 is 2.32 bits per heavy atom. The van der Waals surface area contributed by atoms with Crippen LogP contribution >= 0.6 is 0 Å². The van der Waals surface area contributed by atoms with E-state index >= 15 is 0 Å². The molecule has 1 aromatic carbocycles. The summed E-state index contributed by atoms with van der Waals surface area (Å²) in [7, 11) is 0. The standard InChI is InChI=1S/C14H16N4O/c1-10-3-2-4-12(7-10)18-9-16-13(17-18)14(19)15-8-11-5-6-11/h2-4,7,9,11H,5-6,8H2,1H3,(H,15,19). The second-order valence-corrected chi connectivity index (χ2v) is 5.01. The van der Waals surface area contributed by atoms with Gasteiger partial charge in [-0.25, -0.2) is 9.67 Å². The highest BCUT2D eigenvalue weighted by Gasteiger charge is 2.22. The lowest BCUT2D eigenvalue weighted by Gasteiger charge is -2.01. The number of amides is 1. The minimum Gasteiger partial charge on any atom is -0.349 e. The summed E-state index contributed by atoms with van der Waals surface area (Å²) in [5, 5.41) is 7.07. The summed E-state index contributed by atoms with van der Waals surface area (Å²) in [5.74, 6) is 0.684. The third kappa shape index (κ3) is 2.81. The van der Waals surface area contributed by atoms with Gasteiger partial charge in [0.2, 0.25) is 5.82 Å². The van der Waals surface area contributed by atoms with Gasteiger partial charge in [0.25, 0.3) is 5.91 Å². The Morgan fingerprint density at radius 1 is 1.47 bits per heavy atom. The Hall–Kier alpha value is -2.17. The number of carbonyl (C=O) groups excluding carboxylic acids is 1. The maximum atomic E-state index is 11.8. The summed E-state index contributed by atoms with van der Waals surface area (Å²) in [6.07, 6.45) is 4.00. The van der Waals surface area contributed by atoms with Crippen LogP contribution in [0.2, 0.25) is 0 Å². The molecule has 3 rings (SSSR count). The second-order valence-electron chi connectivity index (χ2n) is 5.01. The number of nitrogens with one attached hydrogen (secondary N) is 1. The minimum absolute atomic E-state index is 0.196. The number of aryl methyl sites for hydroxylation is 1. The predicted molar refractivity (Wildman–Crippen MR) is 71.2 cm³/mol.